The fourth-order valence-corrected chi connectivity index (χ4v) is 1.32. The molecule has 0 fully saturated rings. The number of nitrogens with zero attached hydrogens (tertiary/aromatic N) is 1. The molecule has 1 rings (SSSR count). The van der Waals surface area contributed by atoms with Gasteiger partial charge in [-0.3, -0.25) is 9.78 Å². The second-order valence-corrected chi connectivity index (χ2v) is 3.04. The van der Waals surface area contributed by atoms with E-state index in [1.165, 1.54) is 0 Å². The van der Waals surface area contributed by atoms with E-state index < -0.39 is 0 Å². The third kappa shape index (κ3) is 2.38. The van der Waals surface area contributed by atoms with Crippen LogP contribution in [0.2, 0.25) is 0 Å². The SMILES string of the molecule is CCCC(=O)c1ncccc1CC. The van der Waals surface area contributed by atoms with Crippen molar-refractivity contribution >= 4 is 5.78 Å². The lowest BCUT2D eigenvalue weighted by atomic mass is 10.1. The van der Waals surface area contributed by atoms with Crippen LogP contribution >= 0.6 is 0 Å². The zero-order chi connectivity index (χ0) is 9.68. The van der Waals surface area contributed by atoms with E-state index in [1.807, 2.05) is 26.0 Å². The highest BCUT2D eigenvalue weighted by Crippen LogP contribution is 2.09. The van der Waals surface area contributed by atoms with Gasteiger partial charge < -0.3 is 0 Å². The Balaban J connectivity index is 2.92. The number of carbonyl (C=O) groups excluding carboxylic acids is 1. The van der Waals surface area contributed by atoms with Crippen LogP contribution in [0.25, 0.3) is 0 Å². The molecule has 0 saturated carbocycles. The number of ketones is 1. The van der Waals surface area contributed by atoms with Gasteiger partial charge in [0, 0.05) is 12.6 Å². The fraction of sp³-hybridized carbons (Fsp3) is 0.455. The van der Waals surface area contributed by atoms with Crippen molar-refractivity contribution in [3.8, 4) is 0 Å². The van der Waals surface area contributed by atoms with Crippen LogP contribution in [-0.2, 0) is 6.42 Å². The summed E-state index contributed by atoms with van der Waals surface area (Å²) in [7, 11) is 0. The summed E-state index contributed by atoms with van der Waals surface area (Å²) in [4.78, 5) is 15.7. The summed E-state index contributed by atoms with van der Waals surface area (Å²) in [6.45, 7) is 4.05. The molecule has 0 amide bonds. The van der Waals surface area contributed by atoms with Gasteiger partial charge in [-0.2, -0.15) is 0 Å². The minimum Gasteiger partial charge on any atom is -0.292 e. The maximum Gasteiger partial charge on any atom is 0.181 e. The summed E-state index contributed by atoms with van der Waals surface area (Å²) in [5, 5.41) is 0. The number of hydrogen-bond acceptors (Lipinski definition) is 2. The maximum atomic E-state index is 11.6. The highest BCUT2D eigenvalue weighted by atomic mass is 16.1. The molecule has 0 aromatic carbocycles. The van der Waals surface area contributed by atoms with Crippen molar-refractivity contribution in [1.82, 2.24) is 4.98 Å². The molecule has 2 nitrogen and oxygen atoms in total. The van der Waals surface area contributed by atoms with E-state index >= 15 is 0 Å². The Morgan fingerprint density at radius 2 is 2.23 bits per heavy atom. The predicted octanol–water partition coefficient (Wildman–Crippen LogP) is 2.63. The molecule has 0 atom stereocenters. The number of Topliss-reactive ketones (excluding diaryl/α,β-unsaturated/α-hetero) is 1. The number of aromatic nitrogens is 1. The van der Waals surface area contributed by atoms with Gasteiger partial charge in [-0.1, -0.05) is 19.9 Å². The molecular weight excluding hydrogens is 162 g/mol. The zero-order valence-electron chi connectivity index (χ0n) is 8.21. The summed E-state index contributed by atoms with van der Waals surface area (Å²) in [6.07, 6.45) is 4.04. The van der Waals surface area contributed by atoms with Gasteiger partial charge in [-0.05, 0) is 24.5 Å². The van der Waals surface area contributed by atoms with Crippen molar-refractivity contribution < 1.29 is 4.79 Å². The Bertz CT molecular complexity index is 294. The molecule has 2 heteroatoms. The van der Waals surface area contributed by atoms with E-state index in [4.69, 9.17) is 0 Å². The van der Waals surface area contributed by atoms with Crippen LogP contribution in [-0.4, -0.2) is 10.8 Å². The molecule has 0 unspecified atom stereocenters. The van der Waals surface area contributed by atoms with Gasteiger partial charge in [-0.25, -0.2) is 0 Å². The van der Waals surface area contributed by atoms with Gasteiger partial charge in [0.05, 0.1) is 0 Å². The molecule has 0 aliphatic carbocycles. The van der Waals surface area contributed by atoms with E-state index in [9.17, 15) is 4.79 Å². The monoisotopic (exact) mass is 177 g/mol. The van der Waals surface area contributed by atoms with E-state index in [2.05, 4.69) is 4.98 Å². The van der Waals surface area contributed by atoms with Crippen molar-refractivity contribution in [2.45, 2.75) is 33.1 Å². The number of carbonyl (C=O) groups is 1. The molecule has 0 bridgehead atoms. The summed E-state index contributed by atoms with van der Waals surface area (Å²) in [5.74, 6) is 0.167. The van der Waals surface area contributed by atoms with Crippen molar-refractivity contribution in [3.63, 3.8) is 0 Å². The van der Waals surface area contributed by atoms with E-state index in [0.29, 0.717) is 12.1 Å². The summed E-state index contributed by atoms with van der Waals surface area (Å²) >= 11 is 0. The zero-order valence-corrected chi connectivity index (χ0v) is 8.21. The first-order valence-corrected chi connectivity index (χ1v) is 4.76. The first-order chi connectivity index (χ1) is 6.29. The quantitative estimate of drug-likeness (QED) is 0.662. The Kier molecular flexibility index (Phi) is 3.62. The number of pyridine rings is 1. The van der Waals surface area contributed by atoms with E-state index in [1.54, 1.807) is 6.20 Å². The van der Waals surface area contributed by atoms with Crippen LogP contribution in [0.5, 0.6) is 0 Å². The number of hydrogen-bond donors (Lipinski definition) is 0. The second-order valence-electron chi connectivity index (χ2n) is 3.04. The van der Waals surface area contributed by atoms with Crippen LogP contribution in [0.15, 0.2) is 18.3 Å². The topological polar surface area (TPSA) is 30.0 Å². The van der Waals surface area contributed by atoms with E-state index in [0.717, 1.165) is 18.4 Å². The molecule has 1 aromatic heterocycles. The second kappa shape index (κ2) is 4.75. The van der Waals surface area contributed by atoms with Gasteiger partial charge in [0.1, 0.15) is 5.69 Å². The third-order valence-corrected chi connectivity index (χ3v) is 2.01. The smallest absolute Gasteiger partial charge is 0.181 e. The van der Waals surface area contributed by atoms with Gasteiger partial charge in [0.15, 0.2) is 5.78 Å². The molecule has 13 heavy (non-hydrogen) atoms. The standard InChI is InChI=1S/C11H15NO/c1-3-6-10(13)11-9(4-2)7-5-8-12-11/h5,7-8H,3-4,6H2,1-2H3. The van der Waals surface area contributed by atoms with Crippen molar-refractivity contribution in [2.24, 2.45) is 0 Å². The average molecular weight is 177 g/mol. The van der Waals surface area contributed by atoms with Crippen LogP contribution in [0.4, 0.5) is 0 Å². The van der Waals surface area contributed by atoms with Gasteiger partial charge >= 0.3 is 0 Å². The molecular formula is C11H15NO. The van der Waals surface area contributed by atoms with Crippen LogP contribution in [0, 0.1) is 0 Å². The van der Waals surface area contributed by atoms with Crippen LogP contribution in [0.1, 0.15) is 42.7 Å². The average Bonchev–Trinajstić information content (AvgIpc) is 2.18. The van der Waals surface area contributed by atoms with Gasteiger partial charge in [0.25, 0.3) is 0 Å². The molecule has 0 saturated heterocycles. The lowest BCUT2D eigenvalue weighted by molar-refractivity contribution is 0.0976. The molecule has 0 aliphatic rings. The van der Waals surface area contributed by atoms with Crippen LogP contribution in [0.3, 0.4) is 0 Å². The Morgan fingerprint density at radius 3 is 2.85 bits per heavy atom. The lowest BCUT2D eigenvalue weighted by Gasteiger charge is -2.03. The highest BCUT2D eigenvalue weighted by molar-refractivity contribution is 5.95. The molecule has 0 aliphatic heterocycles. The summed E-state index contributed by atoms with van der Waals surface area (Å²) < 4.78 is 0. The molecule has 1 aromatic rings. The van der Waals surface area contributed by atoms with Gasteiger partial charge in [0.2, 0.25) is 0 Å². The predicted molar refractivity (Wildman–Crippen MR) is 52.9 cm³/mol. The van der Waals surface area contributed by atoms with Crippen molar-refractivity contribution in [1.29, 1.82) is 0 Å². The van der Waals surface area contributed by atoms with Gasteiger partial charge in [-0.15, -0.1) is 0 Å². The minimum atomic E-state index is 0.167. The first-order valence-electron chi connectivity index (χ1n) is 4.76. The molecule has 1 heterocycles. The summed E-state index contributed by atoms with van der Waals surface area (Å²) in [5.41, 5.74) is 1.72. The molecule has 70 valence electrons. The normalized spacial score (nSPS) is 10.0. The Morgan fingerprint density at radius 1 is 1.46 bits per heavy atom. The molecule has 0 N–H and O–H groups in total. The van der Waals surface area contributed by atoms with Crippen LogP contribution < -0.4 is 0 Å². The maximum absolute atomic E-state index is 11.6. The Hall–Kier alpha value is -1.18. The fourth-order valence-electron chi connectivity index (χ4n) is 1.32. The minimum absolute atomic E-state index is 0.167. The van der Waals surface area contributed by atoms with E-state index in [-0.39, 0.29) is 5.78 Å². The van der Waals surface area contributed by atoms with Crippen molar-refractivity contribution in [3.05, 3.63) is 29.6 Å². The summed E-state index contributed by atoms with van der Waals surface area (Å²) in [6, 6.07) is 3.84. The first kappa shape index (κ1) is 9.90. The number of aryl methyl sites for hydroxylation is 1. The third-order valence-electron chi connectivity index (χ3n) is 2.01. The molecule has 0 spiro atoms. The largest absolute Gasteiger partial charge is 0.292 e. The lowest BCUT2D eigenvalue weighted by Crippen LogP contribution is -2.05. The highest BCUT2D eigenvalue weighted by Gasteiger charge is 2.09. The van der Waals surface area contributed by atoms with Crippen molar-refractivity contribution in [2.75, 3.05) is 0 Å². The number of rotatable bonds is 4. The molecule has 0 radical (unpaired) electrons. The Labute approximate surface area is 79.0 Å².